The second-order valence-electron chi connectivity index (χ2n) is 2.42. The summed E-state index contributed by atoms with van der Waals surface area (Å²) >= 11 is 0. The van der Waals surface area contributed by atoms with Crippen LogP contribution in [0.5, 0.6) is 0 Å². The van der Waals surface area contributed by atoms with Gasteiger partial charge in [0.05, 0.1) is 0 Å². The molecule has 0 aromatic heterocycles. The first kappa shape index (κ1) is 11.4. The highest BCUT2D eigenvalue weighted by atomic mass is 16.5. The van der Waals surface area contributed by atoms with Gasteiger partial charge in [0.25, 0.3) is 5.91 Å². The molecule has 6 heteroatoms. The Morgan fingerprint density at radius 2 is 1.92 bits per heavy atom. The van der Waals surface area contributed by atoms with Crippen LogP contribution >= 0.6 is 0 Å². The quantitative estimate of drug-likeness (QED) is 0.579. The molecule has 0 atom stereocenters. The Morgan fingerprint density at radius 1 is 1.38 bits per heavy atom. The van der Waals surface area contributed by atoms with Crippen LogP contribution in [0.1, 0.15) is 6.92 Å². The summed E-state index contributed by atoms with van der Waals surface area (Å²) in [5.74, 6) is -2.23. The van der Waals surface area contributed by atoms with Crippen molar-refractivity contribution in [2.45, 2.75) is 6.92 Å². The smallest absolute Gasteiger partial charge is 0.323 e. The van der Waals surface area contributed by atoms with Crippen molar-refractivity contribution in [1.82, 2.24) is 4.90 Å². The number of carboxylic acid groups (broad SMARTS) is 1. The first-order chi connectivity index (χ1) is 5.93. The zero-order valence-corrected chi connectivity index (χ0v) is 7.44. The number of likely N-dealkylation sites (N-methyl/N-ethyl adjacent to an activating group) is 1. The summed E-state index contributed by atoms with van der Waals surface area (Å²) in [6.07, 6.45) is 0. The minimum Gasteiger partial charge on any atom is -0.480 e. The fraction of sp³-hybridized carbons (Fsp3) is 0.571. The molecule has 0 aromatic rings. The van der Waals surface area contributed by atoms with Crippen LogP contribution < -0.4 is 0 Å². The zero-order chi connectivity index (χ0) is 10.4. The van der Waals surface area contributed by atoms with Gasteiger partial charge in [0, 0.05) is 14.0 Å². The molecule has 0 heterocycles. The standard InChI is InChI=1S/C7H11NO5/c1-5(9)13-4-6(10)8(2)3-7(11)12/h3-4H2,1-2H3,(H,11,12). The number of esters is 1. The van der Waals surface area contributed by atoms with E-state index in [4.69, 9.17) is 5.11 Å². The highest BCUT2D eigenvalue weighted by Gasteiger charge is 2.12. The lowest BCUT2D eigenvalue weighted by Gasteiger charge is -2.13. The lowest BCUT2D eigenvalue weighted by atomic mass is 10.5. The minimum atomic E-state index is -1.11. The van der Waals surface area contributed by atoms with Gasteiger partial charge in [-0.1, -0.05) is 0 Å². The van der Waals surface area contributed by atoms with Gasteiger partial charge in [-0.15, -0.1) is 0 Å². The fourth-order valence-electron chi connectivity index (χ4n) is 0.565. The van der Waals surface area contributed by atoms with E-state index in [1.807, 2.05) is 0 Å². The highest BCUT2D eigenvalue weighted by Crippen LogP contribution is 1.86. The van der Waals surface area contributed by atoms with Gasteiger partial charge in [0.2, 0.25) is 0 Å². The summed E-state index contributed by atoms with van der Waals surface area (Å²) < 4.78 is 4.38. The molecular formula is C7H11NO5. The lowest BCUT2D eigenvalue weighted by Crippen LogP contribution is -2.35. The number of hydrogen-bond acceptors (Lipinski definition) is 4. The molecular weight excluding hydrogens is 178 g/mol. The number of carbonyl (C=O) groups excluding carboxylic acids is 2. The Morgan fingerprint density at radius 3 is 2.31 bits per heavy atom. The first-order valence-electron chi connectivity index (χ1n) is 3.52. The summed E-state index contributed by atoms with van der Waals surface area (Å²) in [6, 6.07) is 0. The van der Waals surface area contributed by atoms with Crippen LogP contribution in [0, 0.1) is 0 Å². The summed E-state index contributed by atoms with van der Waals surface area (Å²) in [5.41, 5.74) is 0. The number of carboxylic acids is 1. The van der Waals surface area contributed by atoms with Crippen molar-refractivity contribution < 1.29 is 24.2 Å². The number of ether oxygens (including phenoxy) is 1. The monoisotopic (exact) mass is 189 g/mol. The van der Waals surface area contributed by atoms with Gasteiger partial charge in [-0.25, -0.2) is 0 Å². The van der Waals surface area contributed by atoms with Crippen LogP contribution in [-0.4, -0.2) is 48.1 Å². The lowest BCUT2D eigenvalue weighted by molar-refractivity contribution is -0.151. The molecule has 1 N–H and O–H groups in total. The molecule has 6 nitrogen and oxygen atoms in total. The number of aliphatic carboxylic acids is 1. The summed E-state index contributed by atoms with van der Waals surface area (Å²) in [7, 11) is 1.32. The highest BCUT2D eigenvalue weighted by molar-refractivity contribution is 5.83. The van der Waals surface area contributed by atoms with Crippen LogP contribution in [0.4, 0.5) is 0 Å². The van der Waals surface area contributed by atoms with Crippen molar-refractivity contribution in [1.29, 1.82) is 0 Å². The third-order valence-corrected chi connectivity index (χ3v) is 1.20. The molecule has 0 bridgehead atoms. The van der Waals surface area contributed by atoms with E-state index in [-0.39, 0.29) is 0 Å². The average molecular weight is 189 g/mol. The summed E-state index contributed by atoms with van der Waals surface area (Å²) in [4.78, 5) is 32.4. The van der Waals surface area contributed by atoms with Gasteiger partial charge in [0.15, 0.2) is 6.61 Å². The Balaban J connectivity index is 3.82. The Labute approximate surface area is 75.1 Å². The van der Waals surface area contributed by atoms with E-state index < -0.39 is 31.0 Å². The van der Waals surface area contributed by atoms with Crippen LogP contribution in [-0.2, 0) is 19.1 Å². The fourth-order valence-corrected chi connectivity index (χ4v) is 0.565. The molecule has 0 aromatic carbocycles. The summed E-state index contributed by atoms with van der Waals surface area (Å²) in [5, 5.41) is 8.31. The molecule has 1 amide bonds. The Hall–Kier alpha value is -1.59. The van der Waals surface area contributed by atoms with Crippen molar-refractivity contribution in [3.63, 3.8) is 0 Å². The van der Waals surface area contributed by atoms with Crippen molar-refractivity contribution in [3.8, 4) is 0 Å². The molecule has 0 rings (SSSR count). The maximum absolute atomic E-state index is 11.0. The number of carbonyl (C=O) groups is 3. The predicted octanol–water partition coefficient (Wildman–Crippen LogP) is -0.907. The van der Waals surface area contributed by atoms with Crippen LogP contribution in [0.3, 0.4) is 0 Å². The summed E-state index contributed by atoms with van der Waals surface area (Å²) in [6.45, 7) is 0.351. The first-order valence-corrected chi connectivity index (χ1v) is 3.52. The normalized spacial score (nSPS) is 9.08. The SMILES string of the molecule is CC(=O)OCC(=O)N(C)CC(=O)O. The molecule has 0 fully saturated rings. The molecule has 0 spiro atoms. The molecule has 13 heavy (non-hydrogen) atoms. The number of nitrogens with zero attached hydrogens (tertiary/aromatic N) is 1. The van der Waals surface area contributed by atoms with E-state index in [9.17, 15) is 14.4 Å². The second kappa shape index (κ2) is 5.13. The van der Waals surface area contributed by atoms with Crippen LogP contribution in [0.2, 0.25) is 0 Å². The van der Waals surface area contributed by atoms with E-state index in [0.29, 0.717) is 0 Å². The van der Waals surface area contributed by atoms with Crippen LogP contribution in [0.25, 0.3) is 0 Å². The van der Waals surface area contributed by atoms with Crippen molar-refractivity contribution in [3.05, 3.63) is 0 Å². The van der Waals surface area contributed by atoms with E-state index >= 15 is 0 Å². The molecule has 0 saturated heterocycles. The predicted molar refractivity (Wildman–Crippen MR) is 41.9 cm³/mol. The molecule has 0 radical (unpaired) electrons. The number of amides is 1. The zero-order valence-electron chi connectivity index (χ0n) is 7.44. The van der Waals surface area contributed by atoms with Gasteiger partial charge in [-0.05, 0) is 0 Å². The van der Waals surface area contributed by atoms with Crippen molar-refractivity contribution in [2.24, 2.45) is 0 Å². The third-order valence-electron chi connectivity index (χ3n) is 1.20. The van der Waals surface area contributed by atoms with Crippen LogP contribution in [0.15, 0.2) is 0 Å². The van der Waals surface area contributed by atoms with E-state index in [0.717, 1.165) is 4.90 Å². The molecule has 0 aliphatic carbocycles. The largest absolute Gasteiger partial charge is 0.480 e. The van der Waals surface area contributed by atoms with Gasteiger partial charge in [-0.3, -0.25) is 14.4 Å². The van der Waals surface area contributed by atoms with Crippen molar-refractivity contribution >= 4 is 17.8 Å². The van der Waals surface area contributed by atoms with Gasteiger partial charge in [-0.2, -0.15) is 0 Å². The Kier molecular flexibility index (Phi) is 4.50. The second-order valence-corrected chi connectivity index (χ2v) is 2.42. The molecule has 0 aliphatic rings. The van der Waals surface area contributed by atoms with Crippen molar-refractivity contribution in [2.75, 3.05) is 20.2 Å². The minimum absolute atomic E-state index is 0.403. The topological polar surface area (TPSA) is 83.9 Å². The molecule has 74 valence electrons. The number of hydrogen-bond donors (Lipinski definition) is 1. The maximum atomic E-state index is 11.0. The van der Waals surface area contributed by atoms with Gasteiger partial charge < -0.3 is 14.7 Å². The molecule has 0 saturated carbocycles. The van der Waals surface area contributed by atoms with Gasteiger partial charge >= 0.3 is 11.9 Å². The van der Waals surface area contributed by atoms with Gasteiger partial charge in [0.1, 0.15) is 6.54 Å². The van der Waals surface area contributed by atoms with E-state index in [1.165, 1.54) is 14.0 Å². The molecule has 0 aliphatic heterocycles. The maximum Gasteiger partial charge on any atom is 0.323 e. The average Bonchev–Trinajstić information content (AvgIpc) is 1.98. The Bertz CT molecular complexity index is 225. The third kappa shape index (κ3) is 5.66. The van der Waals surface area contributed by atoms with E-state index in [1.54, 1.807) is 0 Å². The number of rotatable bonds is 4. The van der Waals surface area contributed by atoms with E-state index in [2.05, 4.69) is 4.74 Å². The molecule has 0 unspecified atom stereocenters.